The molecule has 2 rings (SSSR count). The van der Waals surface area contributed by atoms with Crippen LogP contribution in [-0.4, -0.2) is 59.9 Å². The second-order valence-electron chi connectivity index (χ2n) is 4.58. The monoisotopic (exact) mass is 334 g/mol. The number of rotatable bonds is 3. The molecule has 3 N–H and O–H groups in total. The molecule has 0 aromatic carbocycles. The van der Waals surface area contributed by atoms with E-state index in [9.17, 15) is 5.11 Å². The Labute approximate surface area is 131 Å². The van der Waals surface area contributed by atoms with Crippen LogP contribution in [-0.2, 0) is 0 Å². The summed E-state index contributed by atoms with van der Waals surface area (Å²) in [5, 5.41) is 16.7. The molecular weight excluding hydrogens is 311 g/mol. The highest BCUT2D eigenvalue weighted by Gasteiger charge is 2.23. The van der Waals surface area contributed by atoms with E-state index in [1.807, 2.05) is 0 Å². The molecule has 2 aliphatic heterocycles. The quantitative estimate of drug-likeness (QED) is 0.724. The van der Waals surface area contributed by atoms with Crippen LogP contribution >= 0.6 is 48.3 Å². The summed E-state index contributed by atoms with van der Waals surface area (Å²) in [6.45, 7) is 2.80. The third-order valence-electron chi connectivity index (χ3n) is 3.27. The van der Waals surface area contributed by atoms with Crippen LogP contribution in [0.5, 0.6) is 0 Å². The number of piperidine rings is 1. The Kier molecular flexibility index (Phi) is 11.6. The first-order chi connectivity index (χ1) is 7.86. The van der Waals surface area contributed by atoms with Crippen LogP contribution in [0.2, 0.25) is 0 Å². The first-order valence-corrected chi connectivity index (χ1v) is 8.45. The average Bonchev–Trinajstić information content (AvgIpc) is 2.56. The molecule has 0 aromatic heterocycles. The minimum absolute atomic E-state index is 0. The molecule has 2 saturated heterocycles. The van der Waals surface area contributed by atoms with Gasteiger partial charge in [0.1, 0.15) is 0 Å². The molecule has 110 valence electrons. The van der Waals surface area contributed by atoms with Gasteiger partial charge in [-0.25, -0.2) is 0 Å². The molecule has 0 unspecified atom stereocenters. The van der Waals surface area contributed by atoms with Gasteiger partial charge in [-0.2, -0.15) is 23.5 Å². The third kappa shape index (κ3) is 6.55. The van der Waals surface area contributed by atoms with E-state index in [0.717, 1.165) is 26.1 Å². The van der Waals surface area contributed by atoms with E-state index in [1.54, 1.807) is 0 Å². The zero-order chi connectivity index (χ0) is 11.2. The minimum atomic E-state index is -0.160. The number of aliphatic hydroxyl groups excluding tert-OH is 1. The van der Waals surface area contributed by atoms with Gasteiger partial charge in [-0.1, -0.05) is 0 Å². The van der Waals surface area contributed by atoms with Crippen LogP contribution in [0.3, 0.4) is 0 Å². The summed E-state index contributed by atoms with van der Waals surface area (Å²) in [6.07, 6.45) is 0.939. The Balaban J connectivity index is 0.00000144. The predicted molar refractivity (Wildman–Crippen MR) is 87.9 cm³/mol. The van der Waals surface area contributed by atoms with Crippen molar-refractivity contribution in [3.8, 4) is 0 Å². The topological polar surface area (TPSA) is 44.3 Å². The minimum Gasteiger partial charge on any atom is -0.391 e. The molecule has 3 nitrogen and oxygen atoms in total. The van der Waals surface area contributed by atoms with Gasteiger partial charge in [0.25, 0.3) is 0 Å². The molecule has 0 amide bonds. The van der Waals surface area contributed by atoms with Crippen LogP contribution in [0.4, 0.5) is 0 Å². The summed E-state index contributed by atoms with van der Waals surface area (Å²) < 4.78 is 0. The highest BCUT2D eigenvalue weighted by atomic mass is 35.5. The van der Waals surface area contributed by atoms with Crippen molar-refractivity contribution in [3.63, 3.8) is 0 Å². The van der Waals surface area contributed by atoms with Crippen LogP contribution in [0, 0.1) is 5.92 Å². The van der Waals surface area contributed by atoms with Crippen LogP contribution in [0.1, 0.15) is 6.42 Å². The molecule has 0 aliphatic carbocycles. The molecule has 2 atom stereocenters. The van der Waals surface area contributed by atoms with Gasteiger partial charge in [0, 0.05) is 42.1 Å². The maximum atomic E-state index is 9.84. The summed E-state index contributed by atoms with van der Waals surface area (Å²) >= 11 is 4.11. The van der Waals surface area contributed by atoms with Crippen molar-refractivity contribution < 1.29 is 5.11 Å². The molecule has 0 bridgehead atoms. The summed E-state index contributed by atoms with van der Waals surface area (Å²) in [7, 11) is 0. The van der Waals surface area contributed by atoms with Gasteiger partial charge in [0.2, 0.25) is 0 Å². The lowest BCUT2D eigenvalue weighted by atomic mass is 9.95. The van der Waals surface area contributed by atoms with Crippen molar-refractivity contribution in [1.82, 2.24) is 10.6 Å². The van der Waals surface area contributed by atoms with Crippen molar-refractivity contribution in [2.24, 2.45) is 5.92 Å². The second kappa shape index (κ2) is 10.9. The van der Waals surface area contributed by atoms with E-state index < -0.39 is 0 Å². The SMILES string of the molecule is Cl.Cl.O[C@@H]1CNCC[C@H]1CNC1CSCCSC1. The van der Waals surface area contributed by atoms with E-state index in [2.05, 4.69) is 34.2 Å². The van der Waals surface area contributed by atoms with Gasteiger partial charge in [0.15, 0.2) is 0 Å². The Bertz CT molecular complexity index is 207. The Morgan fingerprint density at radius 1 is 1.17 bits per heavy atom. The molecule has 0 spiro atoms. The highest BCUT2D eigenvalue weighted by Crippen LogP contribution is 2.17. The Morgan fingerprint density at radius 2 is 1.83 bits per heavy atom. The zero-order valence-electron chi connectivity index (χ0n) is 10.5. The molecular formula is C11H24Cl2N2OS2. The third-order valence-corrected chi connectivity index (χ3v) is 5.79. The van der Waals surface area contributed by atoms with Gasteiger partial charge in [-0.15, -0.1) is 24.8 Å². The van der Waals surface area contributed by atoms with Crippen molar-refractivity contribution in [2.75, 3.05) is 42.6 Å². The van der Waals surface area contributed by atoms with Crippen molar-refractivity contribution in [2.45, 2.75) is 18.6 Å². The number of hydrogen-bond donors (Lipinski definition) is 3. The van der Waals surface area contributed by atoms with E-state index in [4.69, 9.17) is 0 Å². The van der Waals surface area contributed by atoms with E-state index in [1.165, 1.54) is 23.0 Å². The van der Waals surface area contributed by atoms with Crippen molar-refractivity contribution in [1.29, 1.82) is 0 Å². The molecule has 0 aromatic rings. The first kappa shape index (κ1) is 19.2. The first-order valence-electron chi connectivity index (χ1n) is 6.14. The van der Waals surface area contributed by atoms with Gasteiger partial charge >= 0.3 is 0 Å². The Morgan fingerprint density at radius 3 is 2.44 bits per heavy atom. The maximum Gasteiger partial charge on any atom is 0.0705 e. The fourth-order valence-corrected chi connectivity index (χ4v) is 4.65. The van der Waals surface area contributed by atoms with E-state index in [-0.39, 0.29) is 30.9 Å². The summed E-state index contributed by atoms with van der Waals surface area (Å²) in [4.78, 5) is 0. The van der Waals surface area contributed by atoms with Gasteiger partial charge < -0.3 is 15.7 Å². The molecule has 0 saturated carbocycles. The maximum absolute atomic E-state index is 9.84. The molecule has 2 heterocycles. The highest BCUT2D eigenvalue weighted by molar-refractivity contribution is 8.03. The number of halogens is 2. The zero-order valence-corrected chi connectivity index (χ0v) is 13.7. The Hall–Kier alpha value is 1.16. The summed E-state index contributed by atoms with van der Waals surface area (Å²) in [5.74, 6) is 5.49. The fraction of sp³-hybridized carbons (Fsp3) is 1.00. The lowest BCUT2D eigenvalue weighted by molar-refractivity contribution is 0.0806. The molecule has 0 radical (unpaired) electrons. The molecule has 2 aliphatic rings. The smallest absolute Gasteiger partial charge is 0.0705 e. The fourth-order valence-electron chi connectivity index (χ4n) is 2.19. The largest absolute Gasteiger partial charge is 0.391 e. The number of β-amino-alcohol motifs (C(OH)–C–C–N with tert-alkyl or cyclic N) is 1. The number of aliphatic hydroxyl groups is 1. The molecule has 2 fully saturated rings. The van der Waals surface area contributed by atoms with Gasteiger partial charge in [0.05, 0.1) is 6.10 Å². The van der Waals surface area contributed by atoms with Crippen molar-refractivity contribution in [3.05, 3.63) is 0 Å². The number of nitrogens with one attached hydrogen (secondary N) is 2. The summed E-state index contributed by atoms with van der Waals surface area (Å²) in [5.41, 5.74) is 0. The molecule has 7 heteroatoms. The summed E-state index contributed by atoms with van der Waals surface area (Å²) in [6, 6.07) is 0.639. The van der Waals surface area contributed by atoms with Crippen LogP contribution < -0.4 is 10.6 Å². The van der Waals surface area contributed by atoms with E-state index >= 15 is 0 Å². The van der Waals surface area contributed by atoms with Gasteiger partial charge in [-0.3, -0.25) is 0 Å². The average molecular weight is 335 g/mol. The number of hydrogen-bond acceptors (Lipinski definition) is 5. The second-order valence-corrected chi connectivity index (χ2v) is 6.87. The van der Waals surface area contributed by atoms with Crippen LogP contribution in [0.15, 0.2) is 0 Å². The van der Waals surface area contributed by atoms with E-state index in [0.29, 0.717) is 12.0 Å². The van der Waals surface area contributed by atoms with Crippen LogP contribution in [0.25, 0.3) is 0 Å². The number of thioether (sulfide) groups is 2. The predicted octanol–water partition coefficient (Wildman–Crippen LogP) is 1.24. The lowest BCUT2D eigenvalue weighted by Crippen LogP contribution is -2.47. The lowest BCUT2D eigenvalue weighted by Gasteiger charge is -2.30. The molecule has 18 heavy (non-hydrogen) atoms. The standard InChI is InChI=1S/C11H22N2OS2.2ClH/c14-11-6-12-2-1-9(11)5-13-10-7-15-3-4-16-8-10;;/h9-14H,1-8H2;2*1H/t9-,11+;;/m0../s1. The normalized spacial score (nSPS) is 29.8. The van der Waals surface area contributed by atoms with Gasteiger partial charge in [-0.05, 0) is 18.9 Å². The van der Waals surface area contributed by atoms with Crippen molar-refractivity contribution >= 4 is 48.3 Å².